The molecule has 1 aromatic carbocycles. The average molecular weight is 364 g/mol. The van der Waals surface area contributed by atoms with Crippen molar-refractivity contribution in [3.05, 3.63) is 36.7 Å². The number of nitrogens with one attached hydrogen (secondary N) is 1. The summed E-state index contributed by atoms with van der Waals surface area (Å²) in [5, 5.41) is 13.1. The summed E-state index contributed by atoms with van der Waals surface area (Å²) in [5.41, 5.74) is 1.79. The zero-order valence-corrected chi connectivity index (χ0v) is 15.0. The Morgan fingerprint density at radius 1 is 1.33 bits per heavy atom. The Balaban J connectivity index is 1.33. The van der Waals surface area contributed by atoms with Crippen LogP contribution < -0.4 is 5.32 Å². The van der Waals surface area contributed by atoms with E-state index in [0.717, 1.165) is 41.6 Å². The number of ether oxygens (including phenoxy) is 1. The van der Waals surface area contributed by atoms with E-state index in [-0.39, 0.29) is 5.91 Å². The van der Waals surface area contributed by atoms with Crippen molar-refractivity contribution in [2.24, 2.45) is 7.05 Å². The smallest absolute Gasteiger partial charge is 0.239 e. The minimum Gasteiger partial charge on any atom is -0.375 e. The molecule has 2 bridgehead atoms. The molecule has 4 heterocycles. The van der Waals surface area contributed by atoms with E-state index in [4.69, 9.17) is 4.74 Å². The predicted molar refractivity (Wildman–Crippen MR) is 100 cm³/mol. The zero-order chi connectivity index (χ0) is 18.4. The third-order valence-electron chi connectivity index (χ3n) is 5.25. The molecule has 2 atom stereocenters. The molecule has 0 spiro atoms. The van der Waals surface area contributed by atoms with Crippen LogP contribution in [0.4, 0.5) is 5.82 Å². The van der Waals surface area contributed by atoms with Crippen molar-refractivity contribution >= 4 is 22.5 Å². The fourth-order valence-corrected chi connectivity index (χ4v) is 3.89. The number of nitrogens with zero attached hydrogens (tertiary/aromatic N) is 5. The summed E-state index contributed by atoms with van der Waals surface area (Å²) in [4.78, 5) is 19.0. The first kappa shape index (κ1) is 16.3. The van der Waals surface area contributed by atoms with Gasteiger partial charge in [-0.05, 0) is 23.9 Å². The van der Waals surface area contributed by atoms with E-state index < -0.39 is 0 Å². The van der Waals surface area contributed by atoms with Crippen molar-refractivity contribution in [2.45, 2.75) is 18.6 Å². The van der Waals surface area contributed by atoms with E-state index in [0.29, 0.717) is 24.5 Å². The molecule has 8 heteroatoms. The number of carbonyl (C=O) groups is 1. The second-order valence-electron chi connectivity index (χ2n) is 7.23. The van der Waals surface area contributed by atoms with Crippen molar-refractivity contribution in [3.63, 3.8) is 0 Å². The number of carbonyl (C=O) groups excluding carboxylic acids is 1. The van der Waals surface area contributed by atoms with Crippen LogP contribution in [0.1, 0.15) is 6.42 Å². The van der Waals surface area contributed by atoms with Crippen LogP contribution in [0.2, 0.25) is 0 Å². The highest BCUT2D eigenvalue weighted by Crippen LogP contribution is 2.27. The Labute approximate surface area is 156 Å². The highest BCUT2D eigenvalue weighted by Gasteiger charge is 2.39. The highest BCUT2D eigenvalue weighted by atomic mass is 16.5. The fraction of sp³-hybridized carbons (Fsp3) is 0.368. The largest absolute Gasteiger partial charge is 0.375 e. The van der Waals surface area contributed by atoms with E-state index in [9.17, 15) is 4.79 Å². The topological polar surface area (TPSA) is 85.2 Å². The van der Waals surface area contributed by atoms with Gasteiger partial charge < -0.3 is 10.1 Å². The maximum Gasteiger partial charge on any atom is 0.239 e. The first-order valence-electron chi connectivity index (χ1n) is 9.06. The number of aromatic nitrogens is 4. The van der Waals surface area contributed by atoms with E-state index in [2.05, 4.69) is 25.5 Å². The fourth-order valence-electron chi connectivity index (χ4n) is 3.89. The summed E-state index contributed by atoms with van der Waals surface area (Å²) in [5.74, 6) is 0.517. The first-order valence-corrected chi connectivity index (χ1v) is 9.06. The Morgan fingerprint density at radius 3 is 3.00 bits per heavy atom. The molecule has 1 amide bonds. The maximum absolute atomic E-state index is 12.4. The van der Waals surface area contributed by atoms with E-state index in [1.54, 1.807) is 10.9 Å². The minimum absolute atomic E-state index is 0.0421. The van der Waals surface area contributed by atoms with Crippen molar-refractivity contribution in [1.82, 2.24) is 24.9 Å². The predicted octanol–water partition coefficient (Wildman–Crippen LogP) is 1.44. The van der Waals surface area contributed by atoms with Crippen LogP contribution in [0, 0.1) is 0 Å². The number of benzene rings is 1. The normalized spacial score (nSPS) is 21.8. The molecule has 138 valence electrons. The van der Waals surface area contributed by atoms with Crippen molar-refractivity contribution in [1.29, 1.82) is 0 Å². The lowest BCUT2D eigenvalue weighted by Crippen LogP contribution is -2.41. The zero-order valence-electron chi connectivity index (χ0n) is 15.0. The van der Waals surface area contributed by atoms with Crippen LogP contribution >= 0.6 is 0 Å². The molecule has 0 saturated carbocycles. The van der Waals surface area contributed by atoms with Gasteiger partial charge in [0.1, 0.15) is 11.5 Å². The van der Waals surface area contributed by atoms with Crippen LogP contribution in [0.25, 0.3) is 22.0 Å². The van der Waals surface area contributed by atoms with Gasteiger partial charge in [-0.1, -0.05) is 17.3 Å². The molecule has 8 nitrogen and oxygen atoms in total. The van der Waals surface area contributed by atoms with E-state index >= 15 is 0 Å². The molecule has 1 N–H and O–H groups in total. The van der Waals surface area contributed by atoms with E-state index in [1.807, 2.05) is 37.5 Å². The first-order chi connectivity index (χ1) is 13.1. The van der Waals surface area contributed by atoms with Gasteiger partial charge in [0.05, 0.1) is 25.5 Å². The van der Waals surface area contributed by atoms with Gasteiger partial charge in [-0.3, -0.25) is 14.4 Å². The van der Waals surface area contributed by atoms with Gasteiger partial charge in [-0.25, -0.2) is 4.98 Å². The Morgan fingerprint density at radius 2 is 2.26 bits per heavy atom. The number of amides is 1. The van der Waals surface area contributed by atoms with Gasteiger partial charge in [0.2, 0.25) is 5.91 Å². The monoisotopic (exact) mass is 364 g/mol. The molecule has 5 rings (SSSR count). The molecule has 0 unspecified atom stereocenters. The SMILES string of the molecule is Cn1cc(-c2ccc3cnc(NC(=O)CN4C[C@H]5C[C@@H]4CO5)cc3c2)nn1. The quantitative estimate of drug-likeness (QED) is 0.754. The molecule has 2 aromatic heterocycles. The summed E-state index contributed by atoms with van der Waals surface area (Å²) in [6.07, 6.45) is 4.98. The Bertz CT molecular complexity index is 1020. The van der Waals surface area contributed by atoms with Crippen LogP contribution in [-0.2, 0) is 16.6 Å². The lowest BCUT2D eigenvalue weighted by molar-refractivity contribution is -0.118. The van der Waals surface area contributed by atoms with Gasteiger partial charge in [0.25, 0.3) is 0 Å². The molecule has 3 aromatic rings. The molecule has 2 aliphatic heterocycles. The highest BCUT2D eigenvalue weighted by molar-refractivity contribution is 5.94. The number of anilines is 1. The Kier molecular flexibility index (Phi) is 3.87. The van der Waals surface area contributed by atoms with Crippen molar-refractivity contribution in [3.8, 4) is 11.3 Å². The standard InChI is InChI=1S/C19H20N6O2/c1-24-9-17(22-23-24)12-2-3-13-7-20-18(5-14(13)4-12)21-19(26)10-25-8-16-6-15(25)11-27-16/h2-5,7,9,15-16H,6,8,10-11H2,1H3,(H,20,21,26)/t15-,16-/m1/s1. The molecule has 2 fully saturated rings. The number of pyridine rings is 1. The summed E-state index contributed by atoms with van der Waals surface area (Å²) >= 11 is 0. The number of hydrogen-bond donors (Lipinski definition) is 1. The van der Waals surface area contributed by atoms with Crippen LogP contribution in [-0.4, -0.2) is 62.6 Å². The summed E-state index contributed by atoms with van der Waals surface area (Å²) in [6, 6.07) is 8.30. The molecule has 0 aliphatic carbocycles. The van der Waals surface area contributed by atoms with Crippen LogP contribution in [0.3, 0.4) is 0 Å². The number of morpholine rings is 1. The van der Waals surface area contributed by atoms with Crippen molar-refractivity contribution < 1.29 is 9.53 Å². The van der Waals surface area contributed by atoms with Gasteiger partial charge in [0.15, 0.2) is 0 Å². The van der Waals surface area contributed by atoms with Gasteiger partial charge >= 0.3 is 0 Å². The number of aryl methyl sites for hydroxylation is 1. The van der Waals surface area contributed by atoms with Crippen molar-refractivity contribution in [2.75, 3.05) is 25.0 Å². The lowest BCUT2D eigenvalue weighted by Gasteiger charge is -2.25. The number of rotatable bonds is 4. The third-order valence-corrected chi connectivity index (χ3v) is 5.25. The summed E-state index contributed by atoms with van der Waals surface area (Å²) in [7, 11) is 1.84. The molecule has 2 aliphatic rings. The molecule has 27 heavy (non-hydrogen) atoms. The molecule has 2 saturated heterocycles. The van der Waals surface area contributed by atoms with Crippen LogP contribution in [0.5, 0.6) is 0 Å². The summed E-state index contributed by atoms with van der Waals surface area (Å²) in [6.45, 7) is 1.95. The molecular formula is C19H20N6O2. The van der Waals surface area contributed by atoms with Gasteiger partial charge in [-0.15, -0.1) is 5.10 Å². The summed E-state index contributed by atoms with van der Waals surface area (Å²) < 4.78 is 7.26. The lowest BCUT2D eigenvalue weighted by atomic mass is 10.1. The Hall–Kier alpha value is -2.84. The number of fused-ring (bicyclic) bond motifs is 3. The number of hydrogen-bond acceptors (Lipinski definition) is 6. The van der Waals surface area contributed by atoms with Gasteiger partial charge in [-0.2, -0.15) is 0 Å². The maximum atomic E-state index is 12.4. The van der Waals surface area contributed by atoms with E-state index in [1.165, 1.54) is 0 Å². The van der Waals surface area contributed by atoms with Crippen LogP contribution in [0.15, 0.2) is 36.7 Å². The third kappa shape index (κ3) is 3.17. The number of likely N-dealkylation sites (tertiary alicyclic amines) is 1. The average Bonchev–Trinajstić information content (AvgIpc) is 3.38. The van der Waals surface area contributed by atoms with Gasteiger partial charge in [0, 0.05) is 36.8 Å². The molecular weight excluding hydrogens is 344 g/mol. The second kappa shape index (κ2) is 6.40. The second-order valence-corrected chi connectivity index (χ2v) is 7.23. The minimum atomic E-state index is -0.0421. The molecule has 0 radical (unpaired) electrons.